The molecule has 1 unspecified atom stereocenters. The molecule has 0 radical (unpaired) electrons. The van der Waals surface area contributed by atoms with Gasteiger partial charge in [-0.2, -0.15) is 0 Å². The van der Waals surface area contributed by atoms with E-state index in [9.17, 15) is 14.7 Å². The van der Waals surface area contributed by atoms with E-state index in [1.54, 1.807) is 67.1 Å². The maximum Gasteiger partial charge on any atom is 0.296 e. The maximum absolute atomic E-state index is 13.1. The number of ketones is 1. The third kappa shape index (κ3) is 4.23. The third-order valence-corrected chi connectivity index (χ3v) is 5.20. The maximum atomic E-state index is 13.1. The van der Waals surface area contributed by atoms with Crippen LogP contribution in [0.3, 0.4) is 0 Å². The quantitative estimate of drug-likeness (QED) is 0.348. The number of Topliss-reactive ketones (excluding diaryl/α,β-unsaturated/α-hetero) is 1. The summed E-state index contributed by atoms with van der Waals surface area (Å²) < 4.78 is 5.66. The summed E-state index contributed by atoms with van der Waals surface area (Å²) in [6.45, 7) is 2.67. The molecule has 7 heteroatoms. The molecular formula is C25H23N3O4. The molecule has 7 nitrogen and oxygen atoms in total. The van der Waals surface area contributed by atoms with Gasteiger partial charge in [-0.3, -0.25) is 19.6 Å². The molecule has 32 heavy (non-hydrogen) atoms. The van der Waals surface area contributed by atoms with Crippen LogP contribution in [-0.2, 0) is 16.1 Å². The third-order valence-electron chi connectivity index (χ3n) is 5.20. The second-order valence-corrected chi connectivity index (χ2v) is 7.40. The number of aliphatic hydroxyl groups is 1. The largest absolute Gasteiger partial charge is 0.507 e. The van der Waals surface area contributed by atoms with Gasteiger partial charge in [-0.1, -0.05) is 25.1 Å². The molecule has 2 aromatic heterocycles. The Morgan fingerprint density at radius 3 is 2.59 bits per heavy atom. The van der Waals surface area contributed by atoms with Crippen molar-refractivity contribution in [2.45, 2.75) is 25.9 Å². The minimum Gasteiger partial charge on any atom is -0.507 e. The van der Waals surface area contributed by atoms with Gasteiger partial charge >= 0.3 is 0 Å². The molecule has 0 aliphatic carbocycles. The number of aromatic nitrogens is 2. The molecule has 3 aromatic rings. The van der Waals surface area contributed by atoms with E-state index in [0.717, 1.165) is 6.42 Å². The van der Waals surface area contributed by atoms with Crippen LogP contribution in [0.2, 0.25) is 0 Å². The Kier molecular flexibility index (Phi) is 6.26. The van der Waals surface area contributed by atoms with Gasteiger partial charge < -0.3 is 14.7 Å². The molecule has 0 spiro atoms. The fourth-order valence-corrected chi connectivity index (χ4v) is 3.71. The molecule has 1 atom stereocenters. The fraction of sp³-hybridized carbons (Fsp3) is 0.200. The van der Waals surface area contributed by atoms with Crippen LogP contribution in [0.4, 0.5) is 0 Å². The van der Waals surface area contributed by atoms with Crippen molar-refractivity contribution in [2.75, 3.05) is 6.61 Å². The molecule has 1 aliphatic heterocycles. The molecule has 162 valence electrons. The van der Waals surface area contributed by atoms with Crippen LogP contribution in [0.1, 0.15) is 36.2 Å². The zero-order valence-corrected chi connectivity index (χ0v) is 17.6. The van der Waals surface area contributed by atoms with E-state index in [4.69, 9.17) is 4.74 Å². The van der Waals surface area contributed by atoms with Crippen LogP contribution in [-0.4, -0.2) is 38.3 Å². The number of rotatable bonds is 7. The first kappa shape index (κ1) is 21.2. The molecule has 0 saturated carbocycles. The second-order valence-electron chi connectivity index (χ2n) is 7.40. The molecule has 1 aromatic carbocycles. The van der Waals surface area contributed by atoms with Crippen LogP contribution < -0.4 is 4.74 Å². The van der Waals surface area contributed by atoms with E-state index in [1.165, 1.54) is 4.90 Å². The van der Waals surface area contributed by atoms with Gasteiger partial charge in [-0.15, -0.1) is 0 Å². The lowest BCUT2D eigenvalue weighted by Gasteiger charge is -2.25. The van der Waals surface area contributed by atoms with Crippen LogP contribution >= 0.6 is 0 Å². The highest BCUT2D eigenvalue weighted by Crippen LogP contribution is 2.40. The lowest BCUT2D eigenvalue weighted by atomic mass is 9.96. The molecule has 1 aliphatic rings. The zero-order chi connectivity index (χ0) is 22.5. The van der Waals surface area contributed by atoms with Crippen LogP contribution in [0.15, 0.2) is 78.8 Å². The molecule has 3 heterocycles. The van der Waals surface area contributed by atoms with Gasteiger partial charge in [0.25, 0.3) is 11.7 Å². The van der Waals surface area contributed by atoms with Crippen molar-refractivity contribution in [2.24, 2.45) is 0 Å². The number of hydrogen-bond donors (Lipinski definition) is 1. The van der Waals surface area contributed by atoms with Crippen molar-refractivity contribution in [1.82, 2.24) is 14.9 Å². The van der Waals surface area contributed by atoms with E-state index in [1.807, 2.05) is 13.0 Å². The number of carbonyl (C=O) groups is 2. The van der Waals surface area contributed by atoms with Crippen molar-refractivity contribution in [3.8, 4) is 5.75 Å². The Balaban J connectivity index is 1.80. The summed E-state index contributed by atoms with van der Waals surface area (Å²) in [6, 6.07) is 15.0. The van der Waals surface area contributed by atoms with Gasteiger partial charge in [0.2, 0.25) is 0 Å². The summed E-state index contributed by atoms with van der Waals surface area (Å²) in [5.41, 5.74) is 1.76. The summed E-state index contributed by atoms with van der Waals surface area (Å²) in [6.07, 6.45) is 5.66. The van der Waals surface area contributed by atoms with Gasteiger partial charge in [0, 0.05) is 24.2 Å². The Morgan fingerprint density at radius 1 is 1.06 bits per heavy atom. The first-order chi connectivity index (χ1) is 15.6. The molecule has 1 saturated heterocycles. The van der Waals surface area contributed by atoms with Crippen molar-refractivity contribution >= 4 is 17.4 Å². The number of nitrogens with zero attached hydrogens (tertiary/aromatic N) is 3. The lowest BCUT2D eigenvalue weighted by Crippen LogP contribution is -2.29. The number of amides is 1. The summed E-state index contributed by atoms with van der Waals surface area (Å²) in [5, 5.41) is 11.2. The van der Waals surface area contributed by atoms with Crippen molar-refractivity contribution in [3.05, 3.63) is 95.6 Å². The highest BCUT2D eigenvalue weighted by Gasteiger charge is 2.46. The summed E-state index contributed by atoms with van der Waals surface area (Å²) in [4.78, 5) is 35.9. The number of ether oxygens (including phenoxy) is 1. The Bertz CT molecular complexity index is 1150. The minimum absolute atomic E-state index is 0.0322. The number of likely N-dealkylation sites (tertiary alicyclic amines) is 1. The van der Waals surface area contributed by atoms with E-state index < -0.39 is 17.7 Å². The van der Waals surface area contributed by atoms with E-state index in [2.05, 4.69) is 9.97 Å². The number of pyridine rings is 2. The van der Waals surface area contributed by atoms with Crippen LogP contribution in [0.5, 0.6) is 5.75 Å². The molecule has 1 N–H and O–H groups in total. The molecular weight excluding hydrogens is 406 g/mol. The van der Waals surface area contributed by atoms with Gasteiger partial charge in [0.05, 0.1) is 30.5 Å². The fourth-order valence-electron chi connectivity index (χ4n) is 3.71. The van der Waals surface area contributed by atoms with Crippen LogP contribution in [0.25, 0.3) is 5.76 Å². The lowest BCUT2D eigenvalue weighted by molar-refractivity contribution is -0.140. The second kappa shape index (κ2) is 9.43. The number of aliphatic hydroxyl groups excluding tert-OH is 1. The standard InChI is InChI=1S/C25H23N3O4/c1-2-14-32-20-8-5-6-18(15-20)23(29)21-22(17-9-12-26-13-10-17)28(25(31)24(21)30)16-19-7-3-4-11-27-19/h3-13,15,22,29H,2,14,16H2,1H3/b23-21-. The average molecular weight is 429 g/mol. The van der Waals surface area contributed by atoms with Gasteiger partial charge in [-0.05, 0) is 48.4 Å². The van der Waals surface area contributed by atoms with Gasteiger partial charge in [-0.25, -0.2) is 0 Å². The SMILES string of the molecule is CCCOc1cccc(/C(O)=C2/C(=O)C(=O)N(Cc3ccccn3)C2c2ccncc2)c1. The Morgan fingerprint density at radius 2 is 1.88 bits per heavy atom. The molecule has 0 bridgehead atoms. The average Bonchev–Trinajstić information content (AvgIpc) is 3.08. The number of carbonyl (C=O) groups excluding carboxylic acids is 2. The van der Waals surface area contributed by atoms with Gasteiger partial charge in [0.15, 0.2) is 0 Å². The zero-order valence-electron chi connectivity index (χ0n) is 17.6. The van der Waals surface area contributed by atoms with E-state index >= 15 is 0 Å². The first-order valence-corrected chi connectivity index (χ1v) is 10.4. The highest BCUT2D eigenvalue weighted by molar-refractivity contribution is 6.46. The first-order valence-electron chi connectivity index (χ1n) is 10.4. The highest BCUT2D eigenvalue weighted by atomic mass is 16.5. The van der Waals surface area contributed by atoms with Crippen molar-refractivity contribution in [1.29, 1.82) is 0 Å². The molecule has 1 amide bonds. The topological polar surface area (TPSA) is 92.6 Å². The monoisotopic (exact) mass is 429 g/mol. The van der Waals surface area contributed by atoms with E-state index in [-0.39, 0.29) is 17.9 Å². The molecule has 4 rings (SSSR count). The Hall–Kier alpha value is -4.00. The summed E-state index contributed by atoms with van der Waals surface area (Å²) in [5.74, 6) is -1.08. The molecule has 1 fully saturated rings. The predicted octanol–water partition coefficient (Wildman–Crippen LogP) is 3.89. The van der Waals surface area contributed by atoms with E-state index in [0.29, 0.717) is 29.2 Å². The number of hydrogen-bond acceptors (Lipinski definition) is 6. The number of benzene rings is 1. The normalized spacial score (nSPS) is 17.5. The summed E-state index contributed by atoms with van der Waals surface area (Å²) in [7, 11) is 0. The van der Waals surface area contributed by atoms with Crippen molar-refractivity contribution in [3.63, 3.8) is 0 Å². The minimum atomic E-state index is -0.764. The predicted molar refractivity (Wildman–Crippen MR) is 119 cm³/mol. The summed E-state index contributed by atoms with van der Waals surface area (Å²) >= 11 is 0. The van der Waals surface area contributed by atoms with Crippen LogP contribution in [0, 0.1) is 0 Å². The van der Waals surface area contributed by atoms with Gasteiger partial charge in [0.1, 0.15) is 11.5 Å². The Labute approximate surface area is 186 Å². The smallest absolute Gasteiger partial charge is 0.296 e. The van der Waals surface area contributed by atoms with Crippen molar-refractivity contribution < 1.29 is 19.4 Å².